The van der Waals surface area contributed by atoms with E-state index in [-0.39, 0.29) is 11.5 Å². The SMILES string of the molecule is CCNc1nc(C2(c3ccccc3)CCN(C(=O)C3CC4CCN3CC4)CC2)cs1. The molecule has 0 spiro atoms. The number of hydrogen-bond donors (Lipinski definition) is 1. The van der Waals surface area contributed by atoms with Crippen LogP contribution in [0.5, 0.6) is 0 Å². The lowest BCUT2D eigenvalue weighted by molar-refractivity contribution is -0.142. The van der Waals surface area contributed by atoms with Crippen LogP contribution in [0.3, 0.4) is 0 Å². The Hall–Kier alpha value is -1.92. The second-order valence-corrected chi connectivity index (χ2v) is 9.93. The van der Waals surface area contributed by atoms with Crippen molar-refractivity contribution in [3.8, 4) is 0 Å². The molecule has 4 aliphatic rings. The molecule has 6 rings (SSSR count). The first-order valence-electron chi connectivity index (χ1n) is 11.5. The fraction of sp³-hybridized carbons (Fsp3) is 0.583. The molecule has 1 amide bonds. The minimum atomic E-state index is -0.103. The van der Waals surface area contributed by atoms with Gasteiger partial charge in [0.1, 0.15) is 0 Å². The van der Waals surface area contributed by atoms with Crippen LogP contribution < -0.4 is 5.32 Å². The Morgan fingerprint density at radius 2 is 1.90 bits per heavy atom. The van der Waals surface area contributed by atoms with E-state index in [9.17, 15) is 4.79 Å². The third-order valence-electron chi connectivity index (χ3n) is 7.51. The van der Waals surface area contributed by atoms with Gasteiger partial charge in [0.15, 0.2) is 5.13 Å². The van der Waals surface area contributed by atoms with Crippen molar-refractivity contribution >= 4 is 22.4 Å². The molecule has 6 heteroatoms. The highest BCUT2D eigenvalue weighted by Crippen LogP contribution is 2.43. The summed E-state index contributed by atoms with van der Waals surface area (Å²) in [5.74, 6) is 1.13. The molecular weight excluding hydrogens is 392 g/mol. The maximum absolute atomic E-state index is 13.4. The van der Waals surface area contributed by atoms with Crippen LogP contribution in [0.15, 0.2) is 35.7 Å². The largest absolute Gasteiger partial charge is 0.362 e. The molecule has 4 aliphatic heterocycles. The van der Waals surface area contributed by atoms with E-state index in [0.717, 1.165) is 68.7 Å². The molecule has 0 radical (unpaired) electrons. The van der Waals surface area contributed by atoms with Crippen molar-refractivity contribution in [2.24, 2.45) is 5.92 Å². The topological polar surface area (TPSA) is 48.5 Å². The first kappa shape index (κ1) is 20.0. The first-order valence-corrected chi connectivity index (χ1v) is 12.4. The van der Waals surface area contributed by atoms with Crippen molar-refractivity contribution < 1.29 is 4.79 Å². The van der Waals surface area contributed by atoms with Gasteiger partial charge in [-0.2, -0.15) is 0 Å². The lowest BCUT2D eigenvalue weighted by atomic mass is 9.70. The van der Waals surface area contributed by atoms with Crippen molar-refractivity contribution in [1.29, 1.82) is 0 Å². The molecule has 2 bridgehead atoms. The van der Waals surface area contributed by atoms with E-state index in [4.69, 9.17) is 4.98 Å². The molecule has 0 aliphatic carbocycles. The van der Waals surface area contributed by atoms with Crippen molar-refractivity contribution in [2.45, 2.75) is 50.5 Å². The Morgan fingerprint density at radius 3 is 2.53 bits per heavy atom. The molecule has 5 heterocycles. The zero-order valence-corrected chi connectivity index (χ0v) is 18.7. The summed E-state index contributed by atoms with van der Waals surface area (Å²) in [5.41, 5.74) is 2.38. The molecule has 0 saturated carbocycles. The van der Waals surface area contributed by atoms with Gasteiger partial charge < -0.3 is 10.2 Å². The highest BCUT2D eigenvalue weighted by atomic mass is 32.1. The van der Waals surface area contributed by atoms with Gasteiger partial charge in [0.2, 0.25) is 5.91 Å². The summed E-state index contributed by atoms with van der Waals surface area (Å²) in [5, 5.41) is 6.57. The summed E-state index contributed by atoms with van der Waals surface area (Å²) in [6, 6.07) is 10.9. The highest BCUT2D eigenvalue weighted by molar-refractivity contribution is 7.13. The molecule has 5 nitrogen and oxygen atoms in total. The molecule has 1 unspecified atom stereocenters. The van der Waals surface area contributed by atoms with Crippen LogP contribution in [-0.4, -0.2) is 59.5 Å². The van der Waals surface area contributed by atoms with E-state index < -0.39 is 0 Å². The van der Waals surface area contributed by atoms with Crippen LogP contribution in [-0.2, 0) is 10.2 Å². The number of amides is 1. The Bertz CT molecular complexity index is 866. The molecular formula is C24H32N4OS. The number of carbonyl (C=O) groups excluding carboxylic acids is 1. The number of thiazole rings is 1. The van der Waals surface area contributed by atoms with Gasteiger partial charge in [-0.05, 0) is 63.6 Å². The maximum atomic E-state index is 13.4. The third kappa shape index (κ3) is 3.54. The van der Waals surface area contributed by atoms with Gasteiger partial charge in [-0.25, -0.2) is 4.98 Å². The van der Waals surface area contributed by atoms with Crippen molar-refractivity contribution in [2.75, 3.05) is 38.0 Å². The number of nitrogens with one attached hydrogen (secondary N) is 1. The smallest absolute Gasteiger partial charge is 0.239 e. The lowest BCUT2D eigenvalue weighted by Gasteiger charge is -2.48. The Balaban J connectivity index is 1.36. The zero-order valence-electron chi connectivity index (χ0n) is 17.8. The van der Waals surface area contributed by atoms with Crippen LogP contribution in [0.2, 0.25) is 0 Å². The molecule has 4 fully saturated rings. The number of piperidine rings is 4. The highest BCUT2D eigenvalue weighted by Gasteiger charge is 2.44. The van der Waals surface area contributed by atoms with E-state index in [0.29, 0.717) is 5.91 Å². The van der Waals surface area contributed by atoms with Crippen LogP contribution in [0, 0.1) is 5.92 Å². The fourth-order valence-corrected chi connectivity index (χ4v) is 6.60. The predicted molar refractivity (Wildman–Crippen MR) is 122 cm³/mol. The van der Waals surface area contributed by atoms with Crippen LogP contribution >= 0.6 is 11.3 Å². The number of carbonyl (C=O) groups is 1. The minimum absolute atomic E-state index is 0.103. The van der Waals surface area contributed by atoms with Crippen LogP contribution in [0.4, 0.5) is 5.13 Å². The van der Waals surface area contributed by atoms with E-state index in [1.165, 1.54) is 18.4 Å². The van der Waals surface area contributed by atoms with E-state index in [1.807, 2.05) is 0 Å². The van der Waals surface area contributed by atoms with Gasteiger partial charge in [-0.3, -0.25) is 9.69 Å². The summed E-state index contributed by atoms with van der Waals surface area (Å²) in [6.45, 7) is 6.83. The van der Waals surface area contributed by atoms with Crippen molar-refractivity contribution in [1.82, 2.24) is 14.8 Å². The monoisotopic (exact) mass is 424 g/mol. The van der Waals surface area contributed by atoms with Gasteiger partial charge in [-0.1, -0.05) is 30.3 Å². The zero-order chi connectivity index (χ0) is 20.6. The van der Waals surface area contributed by atoms with E-state index >= 15 is 0 Å². The number of fused-ring (bicyclic) bond motifs is 3. The number of anilines is 1. The molecule has 30 heavy (non-hydrogen) atoms. The molecule has 2 aromatic rings. The first-order chi connectivity index (χ1) is 14.7. The number of likely N-dealkylation sites (tertiary alicyclic amines) is 1. The second kappa shape index (κ2) is 8.31. The Kier molecular flexibility index (Phi) is 5.54. The van der Waals surface area contributed by atoms with Gasteiger partial charge >= 0.3 is 0 Å². The normalized spacial score (nSPS) is 27.8. The summed E-state index contributed by atoms with van der Waals surface area (Å²) in [6.07, 6.45) is 5.50. The van der Waals surface area contributed by atoms with Crippen LogP contribution in [0.1, 0.15) is 50.3 Å². The van der Waals surface area contributed by atoms with Gasteiger partial charge in [-0.15, -0.1) is 11.3 Å². The molecule has 1 aromatic carbocycles. The van der Waals surface area contributed by atoms with Gasteiger partial charge in [0.05, 0.1) is 11.7 Å². The summed E-state index contributed by atoms with van der Waals surface area (Å²) in [7, 11) is 0. The number of benzene rings is 1. The van der Waals surface area contributed by atoms with Crippen molar-refractivity contribution in [3.63, 3.8) is 0 Å². The van der Waals surface area contributed by atoms with Gasteiger partial charge in [0, 0.05) is 30.4 Å². The molecule has 1 atom stereocenters. The maximum Gasteiger partial charge on any atom is 0.239 e. The summed E-state index contributed by atoms with van der Waals surface area (Å²) in [4.78, 5) is 22.9. The predicted octanol–water partition coefficient (Wildman–Crippen LogP) is 3.97. The molecule has 1 aromatic heterocycles. The van der Waals surface area contributed by atoms with Crippen molar-refractivity contribution in [3.05, 3.63) is 47.0 Å². The van der Waals surface area contributed by atoms with E-state index in [2.05, 4.69) is 57.8 Å². The summed E-state index contributed by atoms with van der Waals surface area (Å²) < 4.78 is 0. The Labute approximate surface area is 183 Å². The fourth-order valence-electron chi connectivity index (χ4n) is 5.72. The van der Waals surface area contributed by atoms with Crippen LogP contribution in [0.25, 0.3) is 0 Å². The number of hydrogen-bond acceptors (Lipinski definition) is 5. The number of aromatic nitrogens is 1. The van der Waals surface area contributed by atoms with E-state index in [1.54, 1.807) is 11.3 Å². The quantitative estimate of drug-likeness (QED) is 0.789. The number of nitrogens with zero attached hydrogens (tertiary/aromatic N) is 3. The minimum Gasteiger partial charge on any atom is -0.362 e. The molecule has 160 valence electrons. The molecule has 1 N–H and O–H groups in total. The Morgan fingerprint density at radius 1 is 1.17 bits per heavy atom. The second-order valence-electron chi connectivity index (χ2n) is 9.07. The average Bonchev–Trinajstić information content (AvgIpc) is 3.29. The molecule has 4 saturated heterocycles. The number of rotatable bonds is 5. The lowest BCUT2D eigenvalue weighted by Crippen LogP contribution is -2.58. The standard InChI is InChI=1S/C24H32N4OS/c1-2-25-23-26-21(17-30-23)24(19-6-4-3-5-7-19)10-14-28(15-11-24)22(29)20-16-18-8-12-27(20)13-9-18/h3-7,17-18,20H,2,8-16H2,1H3,(H,25,26). The summed E-state index contributed by atoms with van der Waals surface area (Å²) >= 11 is 1.69. The average molecular weight is 425 g/mol. The van der Waals surface area contributed by atoms with Gasteiger partial charge in [0.25, 0.3) is 0 Å². The third-order valence-corrected chi connectivity index (χ3v) is 8.31.